The third-order valence-corrected chi connectivity index (χ3v) is 5.52. The van der Waals surface area contributed by atoms with Gasteiger partial charge in [0, 0.05) is 6.08 Å². The Hall–Kier alpha value is -2.23. The van der Waals surface area contributed by atoms with Crippen LogP contribution in [-0.4, -0.2) is 24.8 Å². The van der Waals surface area contributed by atoms with E-state index >= 15 is 0 Å². The van der Waals surface area contributed by atoms with Gasteiger partial charge in [0.2, 0.25) is 0 Å². The van der Waals surface area contributed by atoms with E-state index in [9.17, 15) is 9.90 Å². The molecule has 0 amide bonds. The molecule has 1 aromatic rings. The molecule has 0 aliphatic carbocycles. The number of phenolic OH excluding ortho intramolecular Hbond substituents is 1. The number of hydrogen-bond donors (Lipinski definition) is 1. The Morgan fingerprint density at radius 2 is 1.47 bits per heavy atom. The fourth-order valence-electron chi connectivity index (χ4n) is 3.53. The van der Waals surface area contributed by atoms with Gasteiger partial charge in [0.1, 0.15) is 0 Å². The van der Waals surface area contributed by atoms with Crippen LogP contribution in [0.25, 0.3) is 6.08 Å². The maximum atomic E-state index is 11.8. The van der Waals surface area contributed by atoms with Gasteiger partial charge >= 0.3 is 5.97 Å². The Morgan fingerprint density at radius 3 is 2.09 bits per heavy atom. The highest BCUT2D eigenvalue weighted by atomic mass is 16.5. The van der Waals surface area contributed by atoms with Crippen LogP contribution in [-0.2, 0) is 9.53 Å². The van der Waals surface area contributed by atoms with Crippen molar-refractivity contribution in [3.63, 3.8) is 0 Å². The number of esters is 1. The first-order valence-corrected chi connectivity index (χ1v) is 12.5. The van der Waals surface area contributed by atoms with Crippen LogP contribution in [0.15, 0.2) is 36.4 Å². The quantitative estimate of drug-likeness (QED) is 0.102. The van der Waals surface area contributed by atoms with Crippen molar-refractivity contribution in [3.8, 4) is 11.5 Å². The Kier molecular flexibility index (Phi) is 16.9. The van der Waals surface area contributed by atoms with E-state index in [4.69, 9.17) is 9.47 Å². The average molecular weight is 445 g/mol. The fourth-order valence-corrected chi connectivity index (χ4v) is 3.53. The zero-order chi connectivity index (χ0) is 23.3. The molecule has 0 saturated heterocycles. The molecule has 1 aromatic carbocycles. The number of phenols is 1. The van der Waals surface area contributed by atoms with Gasteiger partial charge < -0.3 is 14.6 Å². The number of carbonyl (C=O) groups is 1. The number of allylic oxidation sites excluding steroid dienone is 2. The SMILES string of the molecule is CCCCCCCC/C=C\CCCCCCCCOC(=O)/C=C/c1ccc(O)c(OC)c1. The Balaban J connectivity index is 1.93. The predicted octanol–water partition coefficient (Wildman–Crippen LogP) is 7.99. The van der Waals surface area contributed by atoms with Crippen molar-refractivity contribution in [1.82, 2.24) is 0 Å². The van der Waals surface area contributed by atoms with E-state index in [1.54, 1.807) is 18.2 Å². The molecule has 180 valence electrons. The lowest BCUT2D eigenvalue weighted by Gasteiger charge is -2.04. The van der Waals surface area contributed by atoms with Crippen LogP contribution in [0, 0.1) is 0 Å². The predicted molar refractivity (Wildman–Crippen MR) is 134 cm³/mol. The van der Waals surface area contributed by atoms with Crippen LogP contribution in [0.2, 0.25) is 0 Å². The maximum Gasteiger partial charge on any atom is 0.330 e. The van der Waals surface area contributed by atoms with Crippen molar-refractivity contribution in [2.45, 2.75) is 96.8 Å². The molecule has 4 nitrogen and oxygen atoms in total. The van der Waals surface area contributed by atoms with Crippen molar-refractivity contribution in [2.24, 2.45) is 0 Å². The van der Waals surface area contributed by atoms with Gasteiger partial charge in [-0.15, -0.1) is 0 Å². The van der Waals surface area contributed by atoms with Gasteiger partial charge in [0.25, 0.3) is 0 Å². The van der Waals surface area contributed by atoms with Crippen molar-refractivity contribution in [1.29, 1.82) is 0 Å². The monoisotopic (exact) mass is 444 g/mol. The number of aromatic hydroxyl groups is 1. The highest BCUT2D eigenvalue weighted by molar-refractivity contribution is 5.87. The molecule has 1 N–H and O–H groups in total. The number of methoxy groups -OCH3 is 1. The van der Waals surface area contributed by atoms with Gasteiger partial charge in [0.05, 0.1) is 13.7 Å². The van der Waals surface area contributed by atoms with E-state index in [1.165, 1.54) is 96.3 Å². The second-order valence-electron chi connectivity index (χ2n) is 8.37. The van der Waals surface area contributed by atoms with Crippen LogP contribution in [0.5, 0.6) is 11.5 Å². The normalized spacial score (nSPS) is 11.4. The Bertz CT molecular complexity index is 663. The number of carbonyl (C=O) groups excluding carboxylic acids is 1. The van der Waals surface area contributed by atoms with Crippen LogP contribution in [0.1, 0.15) is 102 Å². The number of rotatable bonds is 19. The van der Waals surface area contributed by atoms with Crippen LogP contribution >= 0.6 is 0 Å². The summed E-state index contributed by atoms with van der Waals surface area (Å²) in [5, 5.41) is 9.58. The first kappa shape index (κ1) is 27.8. The molecule has 1 rings (SSSR count). The van der Waals surface area contributed by atoms with E-state index < -0.39 is 0 Å². The number of hydrogen-bond acceptors (Lipinski definition) is 4. The topological polar surface area (TPSA) is 55.8 Å². The molecule has 0 radical (unpaired) electrons. The van der Waals surface area contributed by atoms with Crippen molar-refractivity contribution in [3.05, 3.63) is 42.0 Å². The summed E-state index contributed by atoms with van der Waals surface area (Å²) in [6.45, 7) is 2.73. The molecular formula is C28H44O4. The van der Waals surface area contributed by atoms with Crippen LogP contribution in [0.4, 0.5) is 0 Å². The molecule has 0 aromatic heterocycles. The van der Waals surface area contributed by atoms with Crippen molar-refractivity contribution < 1.29 is 19.4 Å². The van der Waals surface area contributed by atoms with E-state index in [1.807, 2.05) is 0 Å². The second-order valence-corrected chi connectivity index (χ2v) is 8.37. The number of unbranched alkanes of at least 4 members (excludes halogenated alkanes) is 12. The summed E-state index contributed by atoms with van der Waals surface area (Å²) in [7, 11) is 1.49. The highest BCUT2D eigenvalue weighted by Crippen LogP contribution is 2.26. The summed E-state index contributed by atoms with van der Waals surface area (Å²) >= 11 is 0. The molecule has 0 heterocycles. The lowest BCUT2D eigenvalue weighted by Crippen LogP contribution is -2.02. The molecule has 0 bridgehead atoms. The van der Waals surface area contributed by atoms with E-state index in [-0.39, 0.29) is 11.7 Å². The number of ether oxygens (including phenoxy) is 2. The molecule has 0 saturated carbocycles. The van der Waals surface area contributed by atoms with E-state index in [0.717, 1.165) is 18.4 Å². The second kappa shape index (κ2) is 19.5. The minimum atomic E-state index is -0.343. The molecule has 0 unspecified atom stereocenters. The molecule has 0 fully saturated rings. The van der Waals surface area contributed by atoms with E-state index in [2.05, 4.69) is 19.1 Å². The van der Waals surface area contributed by atoms with Gasteiger partial charge in [-0.3, -0.25) is 0 Å². The Morgan fingerprint density at radius 1 is 0.875 bits per heavy atom. The van der Waals surface area contributed by atoms with Crippen LogP contribution in [0.3, 0.4) is 0 Å². The standard InChI is InChI=1S/C28H44O4/c1-3-4-5-6-7-8-9-10-11-12-13-14-15-16-17-18-23-32-28(30)22-20-25-19-21-26(29)27(24-25)31-2/h10-11,19-22,24,29H,3-9,12-18,23H2,1-2H3/b11-10-,22-20+. The Labute approximate surface area is 195 Å². The molecule has 0 aliphatic heterocycles. The largest absolute Gasteiger partial charge is 0.504 e. The smallest absolute Gasteiger partial charge is 0.330 e. The summed E-state index contributed by atoms with van der Waals surface area (Å²) in [6.07, 6.45) is 25.5. The molecular weight excluding hydrogens is 400 g/mol. The zero-order valence-electron chi connectivity index (χ0n) is 20.3. The summed E-state index contributed by atoms with van der Waals surface area (Å²) in [6, 6.07) is 4.92. The van der Waals surface area contributed by atoms with Gasteiger partial charge in [-0.25, -0.2) is 4.79 Å². The summed E-state index contributed by atoms with van der Waals surface area (Å²) < 4.78 is 10.3. The fraction of sp³-hybridized carbons (Fsp3) is 0.607. The third-order valence-electron chi connectivity index (χ3n) is 5.52. The van der Waals surface area contributed by atoms with Crippen molar-refractivity contribution in [2.75, 3.05) is 13.7 Å². The molecule has 0 atom stereocenters. The maximum absolute atomic E-state index is 11.8. The van der Waals surface area contributed by atoms with Gasteiger partial charge in [-0.1, -0.05) is 82.9 Å². The third kappa shape index (κ3) is 14.7. The highest BCUT2D eigenvalue weighted by Gasteiger charge is 2.02. The minimum Gasteiger partial charge on any atom is -0.504 e. The molecule has 32 heavy (non-hydrogen) atoms. The summed E-state index contributed by atoms with van der Waals surface area (Å²) in [4.78, 5) is 11.8. The summed E-state index contributed by atoms with van der Waals surface area (Å²) in [5.74, 6) is 0.113. The lowest BCUT2D eigenvalue weighted by molar-refractivity contribution is -0.137. The summed E-state index contributed by atoms with van der Waals surface area (Å²) in [5.41, 5.74) is 0.772. The van der Waals surface area contributed by atoms with Crippen molar-refractivity contribution >= 4 is 12.0 Å². The first-order valence-electron chi connectivity index (χ1n) is 12.5. The van der Waals surface area contributed by atoms with E-state index in [0.29, 0.717) is 12.4 Å². The zero-order valence-corrected chi connectivity index (χ0v) is 20.3. The minimum absolute atomic E-state index is 0.0761. The van der Waals surface area contributed by atoms with Crippen LogP contribution < -0.4 is 4.74 Å². The first-order chi connectivity index (χ1) is 15.7. The molecule has 0 aliphatic rings. The van der Waals surface area contributed by atoms with Gasteiger partial charge in [-0.05, 0) is 55.9 Å². The number of benzene rings is 1. The van der Waals surface area contributed by atoms with Gasteiger partial charge in [0.15, 0.2) is 11.5 Å². The molecule has 0 spiro atoms. The average Bonchev–Trinajstić information content (AvgIpc) is 2.80. The van der Waals surface area contributed by atoms with Gasteiger partial charge in [-0.2, -0.15) is 0 Å². The molecule has 4 heteroatoms. The lowest BCUT2D eigenvalue weighted by atomic mass is 10.1.